The fourth-order valence-electron chi connectivity index (χ4n) is 1.55. The second kappa shape index (κ2) is 6.53. The second-order valence-corrected chi connectivity index (χ2v) is 5.74. The number of benzene rings is 1. The Bertz CT molecular complexity index is 487. The lowest BCUT2D eigenvalue weighted by molar-refractivity contribution is -0.122. The fraction of sp³-hybridized carbons (Fsp3) is 0.167. The minimum Gasteiger partial charge on any atom is -0.294 e. The average Bonchev–Trinajstić information content (AvgIpc) is 2.93. The number of hydrogen-bond donors (Lipinski definition) is 2. The van der Waals surface area contributed by atoms with Gasteiger partial charge in [-0.15, -0.1) is 11.3 Å². The van der Waals surface area contributed by atoms with E-state index in [0.29, 0.717) is 5.75 Å². The van der Waals surface area contributed by atoms with E-state index < -0.39 is 0 Å². The maximum Gasteiger partial charge on any atom is 0.242 e. The molecule has 1 aromatic carbocycles. The third kappa shape index (κ3) is 3.32. The molecule has 0 saturated carbocycles. The molecule has 0 fully saturated rings. The van der Waals surface area contributed by atoms with Crippen LogP contribution in [0, 0.1) is 0 Å². The van der Waals surface area contributed by atoms with Crippen molar-refractivity contribution in [1.82, 2.24) is 10.4 Å². The Balaban J connectivity index is 2.09. The predicted octanol–water partition coefficient (Wildman–Crippen LogP) is 2.01. The highest BCUT2D eigenvalue weighted by molar-refractivity contribution is 8.01. The van der Waals surface area contributed by atoms with Crippen LogP contribution in [0.1, 0.15) is 11.5 Å². The molecule has 2 rings (SSSR count). The molecule has 1 unspecified atom stereocenters. The molecule has 3 N–H and O–H groups in total. The number of carbonyl (C=O) groups is 1. The molecule has 0 aliphatic rings. The van der Waals surface area contributed by atoms with Crippen LogP contribution in [0.5, 0.6) is 0 Å². The normalized spacial score (nSPS) is 12.1. The van der Waals surface area contributed by atoms with Crippen LogP contribution in [0.15, 0.2) is 46.2 Å². The van der Waals surface area contributed by atoms with Gasteiger partial charge in [-0.25, -0.2) is 10.8 Å². The quantitative estimate of drug-likeness (QED) is 0.380. The molecule has 94 valence electrons. The first-order valence-corrected chi connectivity index (χ1v) is 7.25. The van der Waals surface area contributed by atoms with Crippen LogP contribution in [0.25, 0.3) is 0 Å². The molecule has 0 aliphatic carbocycles. The molecule has 0 saturated heterocycles. The van der Waals surface area contributed by atoms with Gasteiger partial charge >= 0.3 is 0 Å². The van der Waals surface area contributed by atoms with E-state index in [9.17, 15) is 4.79 Å². The maximum atomic E-state index is 11.8. The summed E-state index contributed by atoms with van der Waals surface area (Å²) in [6, 6.07) is 9.62. The highest BCUT2D eigenvalue weighted by Crippen LogP contribution is 2.27. The molecule has 4 nitrogen and oxygen atoms in total. The van der Waals surface area contributed by atoms with E-state index in [4.69, 9.17) is 5.84 Å². The third-order valence-corrected chi connectivity index (χ3v) is 4.50. The van der Waals surface area contributed by atoms with E-state index in [1.165, 1.54) is 0 Å². The van der Waals surface area contributed by atoms with Gasteiger partial charge < -0.3 is 0 Å². The van der Waals surface area contributed by atoms with E-state index in [-0.39, 0.29) is 11.8 Å². The van der Waals surface area contributed by atoms with Crippen LogP contribution in [-0.4, -0.2) is 16.6 Å². The lowest BCUT2D eigenvalue weighted by Crippen LogP contribution is -2.35. The van der Waals surface area contributed by atoms with Crippen LogP contribution in [0.3, 0.4) is 0 Å². The summed E-state index contributed by atoms with van der Waals surface area (Å²) >= 11 is 3.13. The molecule has 1 heterocycles. The minimum absolute atomic E-state index is 0.176. The Kier molecular flexibility index (Phi) is 4.74. The average molecular weight is 279 g/mol. The Morgan fingerprint density at radius 2 is 2.22 bits per heavy atom. The summed E-state index contributed by atoms with van der Waals surface area (Å²) in [7, 11) is 0. The van der Waals surface area contributed by atoms with Crippen LogP contribution in [0.2, 0.25) is 0 Å². The molecule has 0 radical (unpaired) electrons. The van der Waals surface area contributed by atoms with E-state index in [2.05, 4.69) is 10.4 Å². The lowest BCUT2D eigenvalue weighted by Gasteiger charge is -2.14. The van der Waals surface area contributed by atoms with E-state index in [0.717, 1.165) is 9.90 Å². The van der Waals surface area contributed by atoms with Gasteiger partial charge in [0.25, 0.3) is 0 Å². The zero-order valence-corrected chi connectivity index (χ0v) is 11.2. The fourth-order valence-corrected chi connectivity index (χ4v) is 3.34. The van der Waals surface area contributed by atoms with Crippen LogP contribution in [-0.2, 0) is 4.79 Å². The number of thioether (sulfide) groups is 1. The van der Waals surface area contributed by atoms with E-state index in [1.807, 2.05) is 35.7 Å². The molecule has 1 atom stereocenters. The van der Waals surface area contributed by atoms with E-state index >= 15 is 0 Å². The van der Waals surface area contributed by atoms with Gasteiger partial charge in [0.15, 0.2) is 0 Å². The SMILES string of the molecule is NNC(=O)C(CSc1nccs1)c1ccccc1. The van der Waals surface area contributed by atoms with Gasteiger partial charge in [-0.1, -0.05) is 42.1 Å². The Hall–Kier alpha value is -1.37. The van der Waals surface area contributed by atoms with Gasteiger partial charge in [0.2, 0.25) is 5.91 Å². The summed E-state index contributed by atoms with van der Waals surface area (Å²) in [5, 5.41) is 1.92. The first kappa shape index (κ1) is 13.1. The van der Waals surface area contributed by atoms with Gasteiger partial charge in [0, 0.05) is 17.3 Å². The molecule has 1 aromatic heterocycles. The van der Waals surface area contributed by atoms with Crippen molar-refractivity contribution in [2.24, 2.45) is 5.84 Å². The van der Waals surface area contributed by atoms with E-state index in [1.54, 1.807) is 29.3 Å². The zero-order valence-electron chi connectivity index (χ0n) is 9.58. The minimum atomic E-state index is -0.259. The number of rotatable bonds is 5. The topological polar surface area (TPSA) is 68.0 Å². The van der Waals surface area contributed by atoms with Crippen LogP contribution >= 0.6 is 23.1 Å². The number of hydrazine groups is 1. The largest absolute Gasteiger partial charge is 0.294 e. The van der Waals surface area contributed by atoms with Crippen molar-refractivity contribution in [3.05, 3.63) is 47.5 Å². The lowest BCUT2D eigenvalue weighted by atomic mass is 10.0. The first-order chi connectivity index (χ1) is 8.81. The standard InChI is InChI=1S/C12H13N3OS2/c13-15-11(16)10(9-4-2-1-3-5-9)8-18-12-14-6-7-17-12/h1-7,10H,8,13H2,(H,15,16). The summed E-state index contributed by atoms with van der Waals surface area (Å²) in [5.41, 5.74) is 3.19. The Morgan fingerprint density at radius 3 is 2.83 bits per heavy atom. The number of carbonyl (C=O) groups excluding carboxylic acids is 1. The Labute approximate surface area is 114 Å². The first-order valence-electron chi connectivity index (χ1n) is 5.39. The summed E-state index contributed by atoms with van der Waals surface area (Å²) in [4.78, 5) is 16.0. The number of hydrogen-bond acceptors (Lipinski definition) is 5. The zero-order chi connectivity index (χ0) is 12.8. The number of aromatic nitrogens is 1. The summed E-state index contributed by atoms with van der Waals surface area (Å²) in [6.45, 7) is 0. The van der Waals surface area contributed by atoms with Crippen LogP contribution < -0.4 is 11.3 Å². The predicted molar refractivity (Wildman–Crippen MR) is 74.4 cm³/mol. The summed E-state index contributed by atoms with van der Waals surface area (Å²) in [6.07, 6.45) is 1.76. The van der Waals surface area contributed by atoms with Crippen molar-refractivity contribution in [2.75, 3.05) is 5.75 Å². The van der Waals surface area contributed by atoms with Gasteiger partial charge in [-0.3, -0.25) is 10.2 Å². The molecular formula is C12H13N3OS2. The molecule has 0 bridgehead atoms. The summed E-state index contributed by atoms with van der Waals surface area (Å²) < 4.78 is 0.959. The monoisotopic (exact) mass is 279 g/mol. The van der Waals surface area contributed by atoms with Gasteiger partial charge in [0.1, 0.15) is 4.34 Å². The van der Waals surface area contributed by atoms with Crippen molar-refractivity contribution in [2.45, 2.75) is 10.3 Å². The van der Waals surface area contributed by atoms with Gasteiger partial charge in [-0.05, 0) is 5.56 Å². The summed E-state index contributed by atoms with van der Waals surface area (Å²) in [5.74, 6) is 5.43. The molecule has 1 amide bonds. The number of thiazole rings is 1. The maximum absolute atomic E-state index is 11.8. The van der Waals surface area contributed by atoms with Crippen molar-refractivity contribution in [3.63, 3.8) is 0 Å². The van der Waals surface area contributed by atoms with Crippen molar-refractivity contribution < 1.29 is 4.79 Å². The highest BCUT2D eigenvalue weighted by atomic mass is 32.2. The van der Waals surface area contributed by atoms with Gasteiger partial charge in [0.05, 0.1) is 5.92 Å². The number of nitrogens with zero attached hydrogens (tertiary/aromatic N) is 1. The number of amides is 1. The number of nitrogens with two attached hydrogens (primary N) is 1. The molecule has 0 spiro atoms. The molecule has 2 aromatic rings. The van der Waals surface area contributed by atoms with Crippen molar-refractivity contribution in [3.8, 4) is 0 Å². The Morgan fingerprint density at radius 1 is 1.44 bits per heavy atom. The van der Waals surface area contributed by atoms with Crippen LogP contribution in [0.4, 0.5) is 0 Å². The smallest absolute Gasteiger partial charge is 0.242 e. The van der Waals surface area contributed by atoms with Gasteiger partial charge in [-0.2, -0.15) is 0 Å². The van der Waals surface area contributed by atoms with Crippen molar-refractivity contribution >= 4 is 29.0 Å². The third-order valence-electron chi connectivity index (χ3n) is 2.44. The molecule has 0 aliphatic heterocycles. The molecule has 6 heteroatoms. The number of nitrogens with one attached hydrogen (secondary N) is 1. The second-order valence-electron chi connectivity index (χ2n) is 3.58. The van der Waals surface area contributed by atoms with Crippen molar-refractivity contribution in [1.29, 1.82) is 0 Å². The highest BCUT2D eigenvalue weighted by Gasteiger charge is 2.20. The molecule has 18 heavy (non-hydrogen) atoms. The molecular weight excluding hydrogens is 266 g/mol.